The summed E-state index contributed by atoms with van der Waals surface area (Å²) in [5, 5.41) is 11.8. The maximum absolute atomic E-state index is 12.5. The fourth-order valence-electron chi connectivity index (χ4n) is 2.19. The van der Waals surface area contributed by atoms with E-state index < -0.39 is 0 Å². The number of nitrogens with zero attached hydrogens (tertiary/aromatic N) is 3. The first kappa shape index (κ1) is 18.5. The van der Waals surface area contributed by atoms with Gasteiger partial charge in [0.2, 0.25) is 5.82 Å². The second-order valence-corrected chi connectivity index (χ2v) is 7.32. The van der Waals surface area contributed by atoms with Crippen molar-refractivity contribution in [1.29, 1.82) is 0 Å². The molecule has 0 atom stereocenters. The number of ether oxygens (including phenoxy) is 1. The maximum Gasteiger partial charge on any atom is 0.297 e. The Morgan fingerprint density at radius 1 is 1.12 bits per heavy atom. The molecule has 0 saturated carbocycles. The molecule has 1 heterocycles. The number of anilines is 2. The van der Waals surface area contributed by atoms with Crippen LogP contribution < -0.4 is 15.6 Å². The normalized spacial score (nSPS) is 10.6. The number of aromatic nitrogens is 3. The molecule has 0 radical (unpaired) electrons. The predicted octanol–water partition coefficient (Wildman–Crippen LogP) is 3.98. The zero-order chi connectivity index (χ0) is 18.5. The number of benzene rings is 2. The molecule has 0 unspecified atom stereocenters. The minimum Gasteiger partial charge on any atom is -0.497 e. The smallest absolute Gasteiger partial charge is 0.297 e. The van der Waals surface area contributed by atoms with Gasteiger partial charge < -0.3 is 10.1 Å². The summed E-state index contributed by atoms with van der Waals surface area (Å²) < 4.78 is 7.62. The van der Waals surface area contributed by atoms with E-state index in [0.29, 0.717) is 10.9 Å². The van der Waals surface area contributed by atoms with Crippen LogP contribution in [-0.2, 0) is 12.8 Å². The third kappa shape index (κ3) is 4.44. The Hall–Kier alpha value is -2.32. The van der Waals surface area contributed by atoms with E-state index in [1.165, 1.54) is 16.3 Å². The maximum atomic E-state index is 12.5. The van der Waals surface area contributed by atoms with Crippen LogP contribution in [0.4, 0.5) is 11.5 Å². The molecule has 26 heavy (non-hydrogen) atoms. The van der Waals surface area contributed by atoms with E-state index in [0.717, 1.165) is 21.5 Å². The number of halogens is 1. The molecule has 8 heteroatoms. The fourth-order valence-corrected chi connectivity index (χ4v) is 3.32. The number of methoxy groups -OCH3 is 1. The van der Waals surface area contributed by atoms with Gasteiger partial charge in [-0.1, -0.05) is 39.8 Å². The summed E-state index contributed by atoms with van der Waals surface area (Å²) in [5.41, 5.74) is 1.67. The van der Waals surface area contributed by atoms with Crippen molar-refractivity contribution < 1.29 is 4.74 Å². The fraction of sp³-hybridized carbons (Fsp3) is 0.167. The lowest BCUT2D eigenvalue weighted by atomic mass is 10.2. The highest BCUT2D eigenvalue weighted by Crippen LogP contribution is 2.22. The highest BCUT2D eigenvalue weighted by atomic mass is 79.9. The lowest BCUT2D eigenvalue weighted by Gasteiger charge is -2.09. The first-order valence-corrected chi connectivity index (χ1v) is 9.56. The zero-order valence-electron chi connectivity index (χ0n) is 14.3. The summed E-state index contributed by atoms with van der Waals surface area (Å²) in [6, 6.07) is 15.3. The molecular weight excluding hydrogens is 416 g/mol. The topological polar surface area (TPSA) is 69.0 Å². The Morgan fingerprint density at radius 2 is 1.81 bits per heavy atom. The third-order valence-electron chi connectivity index (χ3n) is 3.66. The van der Waals surface area contributed by atoms with Gasteiger partial charge in [-0.25, -0.2) is 0 Å². The van der Waals surface area contributed by atoms with Gasteiger partial charge in [-0.05, 0) is 42.0 Å². The van der Waals surface area contributed by atoms with Crippen LogP contribution in [0.2, 0.25) is 0 Å². The molecule has 6 nitrogen and oxygen atoms in total. The first-order valence-electron chi connectivity index (χ1n) is 7.79. The third-order valence-corrected chi connectivity index (χ3v) is 5.28. The molecule has 3 rings (SSSR count). The number of nitrogens with one attached hydrogen (secondary N) is 1. The second-order valence-electron chi connectivity index (χ2n) is 5.46. The van der Waals surface area contributed by atoms with E-state index in [1.807, 2.05) is 48.5 Å². The van der Waals surface area contributed by atoms with Crippen LogP contribution in [0.25, 0.3) is 0 Å². The Kier molecular flexibility index (Phi) is 5.95. The molecule has 0 fully saturated rings. The van der Waals surface area contributed by atoms with Crippen molar-refractivity contribution in [3.8, 4) is 5.75 Å². The molecule has 1 aromatic heterocycles. The highest BCUT2D eigenvalue weighted by Gasteiger charge is 2.10. The van der Waals surface area contributed by atoms with Gasteiger partial charge in [-0.2, -0.15) is 0 Å². The molecule has 3 aromatic rings. The van der Waals surface area contributed by atoms with E-state index >= 15 is 0 Å². The van der Waals surface area contributed by atoms with Crippen LogP contribution in [0.3, 0.4) is 0 Å². The minimum atomic E-state index is -0.222. The summed E-state index contributed by atoms with van der Waals surface area (Å²) in [6.07, 6.45) is 0. The molecule has 134 valence electrons. The number of hydrogen-bond acceptors (Lipinski definition) is 6. The lowest BCUT2D eigenvalue weighted by Crippen LogP contribution is -2.24. The van der Waals surface area contributed by atoms with Crippen molar-refractivity contribution in [1.82, 2.24) is 14.8 Å². The van der Waals surface area contributed by atoms with Gasteiger partial charge in [0.15, 0.2) is 5.16 Å². The molecule has 0 amide bonds. The summed E-state index contributed by atoms with van der Waals surface area (Å²) in [7, 11) is 3.33. The van der Waals surface area contributed by atoms with E-state index in [2.05, 4.69) is 31.4 Å². The van der Waals surface area contributed by atoms with Crippen molar-refractivity contribution in [2.24, 2.45) is 7.05 Å². The summed E-state index contributed by atoms with van der Waals surface area (Å²) in [6.45, 7) is 0. The predicted molar refractivity (Wildman–Crippen MR) is 107 cm³/mol. The van der Waals surface area contributed by atoms with Gasteiger partial charge in [0.05, 0.1) is 7.11 Å². The van der Waals surface area contributed by atoms with Gasteiger partial charge in [0, 0.05) is 23.0 Å². The first-order chi connectivity index (χ1) is 12.6. The summed E-state index contributed by atoms with van der Waals surface area (Å²) >= 11 is 4.84. The summed E-state index contributed by atoms with van der Waals surface area (Å²) in [5.74, 6) is 1.70. The van der Waals surface area contributed by atoms with Crippen molar-refractivity contribution >= 4 is 39.2 Å². The van der Waals surface area contributed by atoms with Gasteiger partial charge in [-0.3, -0.25) is 9.36 Å². The van der Waals surface area contributed by atoms with Crippen molar-refractivity contribution in [2.75, 3.05) is 12.4 Å². The summed E-state index contributed by atoms with van der Waals surface area (Å²) in [4.78, 5) is 12.5. The molecular formula is C18H17BrN4O2S. The number of thioether (sulfide) groups is 1. The van der Waals surface area contributed by atoms with Gasteiger partial charge in [-0.15, -0.1) is 10.2 Å². The largest absolute Gasteiger partial charge is 0.497 e. The zero-order valence-corrected chi connectivity index (χ0v) is 16.7. The van der Waals surface area contributed by atoms with Crippen LogP contribution in [0.1, 0.15) is 5.56 Å². The van der Waals surface area contributed by atoms with E-state index in [4.69, 9.17) is 4.74 Å². The lowest BCUT2D eigenvalue weighted by molar-refractivity contribution is 0.414. The molecule has 0 spiro atoms. The average Bonchev–Trinajstić information content (AvgIpc) is 2.67. The molecule has 1 N–H and O–H groups in total. The molecule has 0 aliphatic heterocycles. The monoisotopic (exact) mass is 432 g/mol. The Morgan fingerprint density at radius 3 is 2.46 bits per heavy atom. The second kappa shape index (κ2) is 8.37. The van der Waals surface area contributed by atoms with E-state index in [-0.39, 0.29) is 11.4 Å². The SMILES string of the molecule is COc1ccc(CSc2nnc(Nc3ccc(Br)cc3)c(=O)n2C)cc1. The number of rotatable bonds is 6. The Labute approximate surface area is 163 Å². The van der Waals surface area contributed by atoms with Crippen LogP contribution in [0, 0.1) is 0 Å². The van der Waals surface area contributed by atoms with Crippen molar-refractivity contribution in [2.45, 2.75) is 10.9 Å². The molecule has 0 aliphatic carbocycles. The van der Waals surface area contributed by atoms with Crippen molar-refractivity contribution in [3.63, 3.8) is 0 Å². The van der Waals surface area contributed by atoms with E-state index in [1.54, 1.807) is 14.2 Å². The van der Waals surface area contributed by atoms with Crippen molar-refractivity contribution in [3.05, 3.63) is 68.9 Å². The van der Waals surface area contributed by atoms with Gasteiger partial charge >= 0.3 is 0 Å². The average molecular weight is 433 g/mol. The van der Waals surface area contributed by atoms with E-state index in [9.17, 15) is 4.79 Å². The highest BCUT2D eigenvalue weighted by molar-refractivity contribution is 9.10. The molecule has 0 saturated heterocycles. The van der Waals surface area contributed by atoms with Crippen LogP contribution in [-0.4, -0.2) is 21.9 Å². The molecule has 0 bridgehead atoms. The van der Waals surface area contributed by atoms with Gasteiger partial charge in [0.25, 0.3) is 5.56 Å². The quantitative estimate of drug-likeness (QED) is 0.593. The molecule has 2 aromatic carbocycles. The van der Waals surface area contributed by atoms with Gasteiger partial charge in [0.1, 0.15) is 5.75 Å². The van der Waals surface area contributed by atoms with Crippen LogP contribution >= 0.6 is 27.7 Å². The standard InChI is InChI=1S/C18H17BrN4O2S/c1-23-17(24)16(20-14-7-5-13(19)6-8-14)21-22-18(23)26-11-12-3-9-15(25-2)10-4-12/h3-10H,11H2,1-2H3,(H,20,21). The minimum absolute atomic E-state index is 0.198. The Balaban J connectivity index is 1.72. The molecule has 0 aliphatic rings. The Bertz CT molecular complexity index is 943. The van der Waals surface area contributed by atoms with Crippen LogP contribution in [0.5, 0.6) is 5.75 Å². The van der Waals surface area contributed by atoms with Crippen LogP contribution in [0.15, 0.2) is 63.0 Å². The number of hydrogen-bond donors (Lipinski definition) is 1.